The van der Waals surface area contributed by atoms with Gasteiger partial charge in [-0.2, -0.15) is 0 Å². The van der Waals surface area contributed by atoms with Crippen molar-refractivity contribution in [2.75, 3.05) is 20.3 Å². The number of fused-ring (bicyclic) bond motifs is 2. The summed E-state index contributed by atoms with van der Waals surface area (Å²) in [7, 11) is 1.63. The maximum absolute atomic E-state index is 14.3. The fourth-order valence-corrected chi connectivity index (χ4v) is 4.54. The smallest absolute Gasteiger partial charge is 0.249 e. The fourth-order valence-electron chi connectivity index (χ4n) is 4.54. The Bertz CT molecular complexity index is 1210. The van der Waals surface area contributed by atoms with Crippen molar-refractivity contribution >= 4 is 23.0 Å². The van der Waals surface area contributed by atoms with Crippen LogP contribution in [0.25, 0.3) is 17.0 Å². The standard InChI is InChI=1S/C25H25FN2O4/c1-30-22-7-3-6-18-15(13-31-24(18)22)10-11-28(16-4-2-5-16)17-12-20-19(25(27)29)8-9-21(26)23(20)32-14-17/h3,6-9,12-13,16H,2,4-5,10-11,14H2,1H3,(H2,27,29). The first-order chi connectivity index (χ1) is 15.6. The maximum Gasteiger partial charge on any atom is 0.249 e. The normalized spacial score (nSPS) is 15.5. The third-order valence-corrected chi connectivity index (χ3v) is 6.46. The largest absolute Gasteiger partial charge is 0.493 e. The minimum Gasteiger partial charge on any atom is -0.493 e. The molecule has 6 nitrogen and oxygen atoms in total. The molecule has 3 aromatic rings. The number of rotatable bonds is 7. The van der Waals surface area contributed by atoms with E-state index in [1.54, 1.807) is 13.4 Å². The molecule has 1 amide bonds. The second-order valence-electron chi connectivity index (χ2n) is 8.25. The molecule has 1 aliphatic heterocycles. The number of halogens is 1. The van der Waals surface area contributed by atoms with Gasteiger partial charge in [-0.25, -0.2) is 4.39 Å². The SMILES string of the molecule is COc1cccc2c(CCN(C3=Cc4c(C(N)=O)ccc(F)c4OC3)C3CCC3)coc12. The number of carbonyl (C=O) groups excluding carboxylic acids is 1. The number of furan rings is 1. The Morgan fingerprint density at radius 3 is 2.84 bits per heavy atom. The summed E-state index contributed by atoms with van der Waals surface area (Å²) < 4.78 is 31.2. The van der Waals surface area contributed by atoms with Crippen molar-refractivity contribution in [1.29, 1.82) is 0 Å². The van der Waals surface area contributed by atoms with Gasteiger partial charge >= 0.3 is 0 Å². The van der Waals surface area contributed by atoms with Crippen LogP contribution in [-0.4, -0.2) is 37.1 Å². The predicted molar refractivity (Wildman–Crippen MR) is 119 cm³/mol. The molecule has 2 aromatic carbocycles. The summed E-state index contributed by atoms with van der Waals surface area (Å²) in [5.74, 6) is -0.289. The minimum atomic E-state index is -0.601. The van der Waals surface area contributed by atoms with Gasteiger partial charge in [-0.1, -0.05) is 12.1 Å². The maximum atomic E-state index is 14.3. The van der Waals surface area contributed by atoms with Crippen molar-refractivity contribution in [3.63, 3.8) is 0 Å². The van der Waals surface area contributed by atoms with Gasteiger partial charge in [-0.05, 0) is 50.0 Å². The van der Waals surface area contributed by atoms with Gasteiger partial charge in [0.15, 0.2) is 22.9 Å². The van der Waals surface area contributed by atoms with E-state index in [-0.39, 0.29) is 17.9 Å². The van der Waals surface area contributed by atoms with Gasteiger partial charge in [0.2, 0.25) is 5.91 Å². The number of nitrogens with zero attached hydrogens (tertiary/aromatic N) is 1. The average Bonchev–Trinajstić information content (AvgIpc) is 3.18. The average molecular weight is 436 g/mol. The highest BCUT2D eigenvalue weighted by atomic mass is 19.1. The van der Waals surface area contributed by atoms with Crippen LogP contribution in [0.4, 0.5) is 4.39 Å². The van der Waals surface area contributed by atoms with E-state index in [2.05, 4.69) is 4.90 Å². The Morgan fingerprint density at radius 1 is 1.28 bits per heavy atom. The van der Waals surface area contributed by atoms with Gasteiger partial charge in [0.25, 0.3) is 0 Å². The van der Waals surface area contributed by atoms with Crippen molar-refractivity contribution in [2.45, 2.75) is 31.7 Å². The molecule has 2 N–H and O–H groups in total. The van der Waals surface area contributed by atoms with Crippen LogP contribution in [0.2, 0.25) is 0 Å². The van der Waals surface area contributed by atoms with E-state index in [4.69, 9.17) is 19.6 Å². The van der Waals surface area contributed by atoms with Crippen molar-refractivity contribution < 1.29 is 23.1 Å². The lowest BCUT2D eigenvalue weighted by Gasteiger charge is -2.41. The Kier molecular flexibility index (Phi) is 5.25. The topological polar surface area (TPSA) is 77.9 Å². The number of hydrogen-bond acceptors (Lipinski definition) is 5. The summed E-state index contributed by atoms with van der Waals surface area (Å²) in [6.45, 7) is 1.00. The third-order valence-electron chi connectivity index (χ3n) is 6.46. The Morgan fingerprint density at radius 2 is 2.12 bits per heavy atom. The highest BCUT2D eigenvalue weighted by Gasteiger charge is 2.30. The Balaban J connectivity index is 1.45. The number of ether oxygens (including phenoxy) is 2. The van der Waals surface area contributed by atoms with Crippen LogP contribution in [0.3, 0.4) is 0 Å². The van der Waals surface area contributed by atoms with Crippen LogP contribution in [0.5, 0.6) is 11.5 Å². The van der Waals surface area contributed by atoms with Gasteiger partial charge in [-0.3, -0.25) is 4.79 Å². The predicted octanol–water partition coefficient (Wildman–Crippen LogP) is 4.51. The number of benzene rings is 2. The summed E-state index contributed by atoms with van der Waals surface area (Å²) in [6, 6.07) is 8.90. The first-order valence-electron chi connectivity index (χ1n) is 10.8. The molecule has 0 radical (unpaired) electrons. The molecule has 7 heteroatoms. The van der Waals surface area contributed by atoms with Gasteiger partial charge in [0.1, 0.15) is 6.61 Å². The van der Waals surface area contributed by atoms with Gasteiger partial charge in [0, 0.05) is 29.1 Å². The molecule has 1 aromatic heterocycles. The lowest BCUT2D eigenvalue weighted by Crippen LogP contribution is -2.42. The zero-order valence-corrected chi connectivity index (χ0v) is 17.9. The zero-order valence-electron chi connectivity index (χ0n) is 17.9. The van der Waals surface area contributed by atoms with Crippen LogP contribution in [0.15, 0.2) is 46.7 Å². The quantitative estimate of drug-likeness (QED) is 0.590. The van der Waals surface area contributed by atoms with Crippen LogP contribution in [0, 0.1) is 5.82 Å². The van der Waals surface area contributed by atoms with Crippen molar-refractivity contribution in [3.05, 3.63) is 64.8 Å². The number of hydrogen-bond donors (Lipinski definition) is 1. The van der Waals surface area contributed by atoms with Crippen LogP contribution in [0.1, 0.15) is 40.7 Å². The van der Waals surface area contributed by atoms with Crippen LogP contribution < -0.4 is 15.2 Å². The molecule has 2 heterocycles. The molecule has 0 spiro atoms. The lowest BCUT2D eigenvalue weighted by molar-refractivity contribution is 0.0999. The molecule has 1 aliphatic carbocycles. The fraction of sp³-hybridized carbons (Fsp3) is 0.320. The highest BCUT2D eigenvalue weighted by Crippen LogP contribution is 2.37. The van der Waals surface area contributed by atoms with Crippen LogP contribution >= 0.6 is 0 Å². The minimum absolute atomic E-state index is 0.0894. The van der Waals surface area contributed by atoms with E-state index < -0.39 is 11.7 Å². The molecule has 32 heavy (non-hydrogen) atoms. The first kappa shape index (κ1) is 20.4. The number of nitrogens with two attached hydrogens (primary N) is 1. The lowest BCUT2D eigenvalue weighted by atomic mass is 9.90. The summed E-state index contributed by atoms with van der Waals surface area (Å²) in [6.07, 6.45) is 7.78. The summed E-state index contributed by atoms with van der Waals surface area (Å²) >= 11 is 0. The van der Waals surface area contributed by atoms with E-state index in [1.807, 2.05) is 24.3 Å². The molecular formula is C25H25FN2O4. The zero-order chi connectivity index (χ0) is 22.2. The number of para-hydroxylation sites is 1. The van der Waals surface area contributed by atoms with E-state index >= 15 is 0 Å². The Hall–Kier alpha value is -3.48. The van der Waals surface area contributed by atoms with Crippen LogP contribution in [-0.2, 0) is 6.42 Å². The van der Waals surface area contributed by atoms with E-state index in [0.29, 0.717) is 17.4 Å². The molecule has 166 valence electrons. The summed E-state index contributed by atoms with van der Waals surface area (Å²) in [5.41, 5.74) is 8.99. The molecular weight excluding hydrogens is 411 g/mol. The second kappa shape index (κ2) is 8.22. The van der Waals surface area contributed by atoms with Crippen molar-refractivity contribution in [3.8, 4) is 11.5 Å². The number of carbonyl (C=O) groups is 1. The molecule has 2 aliphatic rings. The number of amides is 1. The molecule has 0 saturated heterocycles. The molecule has 1 fully saturated rings. The molecule has 0 bridgehead atoms. The van der Waals surface area contributed by atoms with E-state index in [0.717, 1.165) is 48.0 Å². The second-order valence-corrected chi connectivity index (χ2v) is 8.25. The van der Waals surface area contributed by atoms with Gasteiger partial charge in [0.05, 0.1) is 24.6 Å². The number of methoxy groups -OCH3 is 1. The number of primary amides is 1. The van der Waals surface area contributed by atoms with E-state index in [1.165, 1.54) is 18.6 Å². The van der Waals surface area contributed by atoms with Gasteiger partial charge in [-0.15, -0.1) is 0 Å². The highest BCUT2D eigenvalue weighted by molar-refractivity contribution is 5.98. The molecule has 1 saturated carbocycles. The third kappa shape index (κ3) is 3.47. The first-order valence-corrected chi connectivity index (χ1v) is 10.8. The summed E-state index contributed by atoms with van der Waals surface area (Å²) in [4.78, 5) is 14.2. The van der Waals surface area contributed by atoms with Crippen molar-refractivity contribution in [1.82, 2.24) is 4.90 Å². The molecule has 0 unspecified atom stereocenters. The van der Waals surface area contributed by atoms with E-state index in [9.17, 15) is 9.18 Å². The summed E-state index contributed by atoms with van der Waals surface area (Å²) in [5, 5.41) is 1.04. The molecule has 5 rings (SSSR count). The monoisotopic (exact) mass is 436 g/mol. The molecule has 0 atom stereocenters. The Labute approximate surface area is 185 Å². The van der Waals surface area contributed by atoms with Crippen molar-refractivity contribution in [2.24, 2.45) is 5.73 Å². The van der Waals surface area contributed by atoms with Gasteiger partial charge < -0.3 is 24.5 Å².